The maximum atomic E-state index is 13.1. The zero-order valence-electron chi connectivity index (χ0n) is 11.4. The minimum absolute atomic E-state index is 0.252. The first-order chi connectivity index (χ1) is 7.41. The van der Waals surface area contributed by atoms with Crippen LogP contribution in [0.1, 0.15) is 48.0 Å². The maximum Gasteiger partial charge on any atom is 0.411 e. The fourth-order valence-corrected chi connectivity index (χ4v) is 2.06. The maximum absolute atomic E-state index is 13.1. The molecule has 5 heteroatoms. The normalized spacial score (nSPS) is 18.7. The van der Waals surface area contributed by atoms with Gasteiger partial charge < -0.3 is 0 Å². The number of nitrogens with one attached hydrogen (secondary N) is 1. The SMILES string of the molecule is CC/C(=C(/C)C(C)(NN)C(F)(F)F)C(C)(C)C. The van der Waals surface area contributed by atoms with E-state index >= 15 is 0 Å². The summed E-state index contributed by atoms with van der Waals surface area (Å²) in [7, 11) is 0. The van der Waals surface area contributed by atoms with Crippen LogP contribution in [0.25, 0.3) is 0 Å². The number of hydrogen-bond acceptors (Lipinski definition) is 2. The molecule has 0 saturated carbocycles. The van der Waals surface area contributed by atoms with E-state index in [1.165, 1.54) is 6.92 Å². The molecule has 0 rings (SSSR count). The molecule has 0 spiro atoms. The molecule has 0 aliphatic carbocycles. The van der Waals surface area contributed by atoms with Crippen LogP contribution >= 0.6 is 0 Å². The molecular weight excluding hydrogens is 229 g/mol. The van der Waals surface area contributed by atoms with Gasteiger partial charge in [-0.05, 0) is 31.3 Å². The summed E-state index contributed by atoms with van der Waals surface area (Å²) in [6.45, 7) is 10.1. The lowest BCUT2D eigenvalue weighted by Gasteiger charge is -2.37. The van der Waals surface area contributed by atoms with Gasteiger partial charge >= 0.3 is 6.18 Å². The molecule has 0 heterocycles. The van der Waals surface area contributed by atoms with Crippen molar-refractivity contribution >= 4 is 0 Å². The van der Waals surface area contributed by atoms with Gasteiger partial charge in [-0.3, -0.25) is 5.84 Å². The molecule has 0 bridgehead atoms. The van der Waals surface area contributed by atoms with Gasteiger partial charge in [0, 0.05) is 0 Å². The molecular formula is C12H23F3N2. The average Bonchev–Trinajstić information content (AvgIpc) is 2.13. The number of hydrogen-bond donors (Lipinski definition) is 2. The van der Waals surface area contributed by atoms with Gasteiger partial charge in [0.1, 0.15) is 5.54 Å². The monoisotopic (exact) mass is 252 g/mol. The van der Waals surface area contributed by atoms with Crippen LogP contribution in [0.15, 0.2) is 11.1 Å². The van der Waals surface area contributed by atoms with E-state index in [-0.39, 0.29) is 11.0 Å². The molecule has 2 nitrogen and oxygen atoms in total. The summed E-state index contributed by atoms with van der Waals surface area (Å²) in [5, 5.41) is 0. The Kier molecular flexibility index (Phi) is 4.82. The highest BCUT2D eigenvalue weighted by atomic mass is 19.4. The fourth-order valence-electron chi connectivity index (χ4n) is 2.06. The average molecular weight is 252 g/mol. The highest BCUT2D eigenvalue weighted by molar-refractivity contribution is 5.29. The summed E-state index contributed by atoms with van der Waals surface area (Å²) < 4.78 is 39.2. The van der Waals surface area contributed by atoms with Crippen molar-refractivity contribution in [3.05, 3.63) is 11.1 Å². The van der Waals surface area contributed by atoms with Crippen LogP contribution in [0.4, 0.5) is 13.2 Å². The number of halogens is 3. The summed E-state index contributed by atoms with van der Waals surface area (Å²) in [4.78, 5) is 0. The minimum atomic E-state index is -4.42. The summed E-state index contributed by atoms with van der Waals surface area (Å²) >= 11 is 0. The van der Waals surface area contributed by atoms with Crippen molar-refractivity contribution in [1.82, 2.24) is 5.43 Å². The molecule has 1 unspecified atom stereocenters. The molecule has 0 aromatic heterocycles. The van der Waals surface area contributed by atoms with Crippen LogP contribution in [-0.4, -0.2) is 11.7 Å². The highest BCUT2D eigenvalue weighted by Gasteiger charge is 2.52. The molecule has 102 valence electrons. The van der Waals surface area contributed by atoms with Crippen molar-refractivity contribution in [1.29, 1.82) is 0 Å². The number of hydrazine groups is 1. The number of alkyl halides is 3. The highest BCUT2D eigenvalue weighted by Crippen LogP contribution is 2.41. The molecule has 17 heavy (non-hydrogen) atoms. The van der Waals surface area contributed by atoms with Crippen molar-refractivity contribution < 1.29 is 13.2 Å². The Balaban J connectivity index is 5.81. The van der Waals surface area contributed by atoms with Crippen molar-refractivity contribution in [2.45, 2.75) is 59.7 Å². The number of allylic oxidation sites excluding steroid dienone is 1. The molecule has 0 aromatic carbocycles. The lowest BCUT2D eigenvalue weighted by Crippen LogP contribution is -2.58. The quantitative estimate of drug-likeness (QED) is 0.458. The lowest BCUT2D eigenvalue weighted by atomic mass is 9.76. The Bertz CT molecular complexity index is 300. The van der Waals surface area contributed by atoms with Gasteiger partial charge in [-0.1, -0.05) is 33.3 Å². The molecule has 3 N–H and O–H groups in total. The van der Waals surface area contributed by atoms with E-state index in [1.807, 2.05) is 33.1 Å². The Hall–Kier alpha value is -0.550. The summed E-state index contributed by atoms with van der Waals surface area (Å²) in [5.74, 6) is 5.13. The van der Waals surface area contributed by atoms with Crippen LogP contribution < -0.4 is 11.3 Å². The van der Waals surface area contributed by atoms with E-state index in [4.69, 9.17) is 5.84 Å². The minimum Gasteiger partial charge on any atom is -0.270 e. The topological polar surface area (TPSA) is 38.0 Å². The van der Waals surface area contributed by atoms with Crippen molar-refractivity contribution in [2.24, 2.45) is 11.3 Å². The van der Waals surface area contributed by atoms with E-state index in [0.29, 0.717) is 6.42 Å². The Labute approximate surface area is 101 Å². The van der Waals surface area contributed by atoms with Gasteiger partial charge in [0.25, 0.3) is 0 Å². The van der Waals surface area contributed by atoms with Gasteiger partial charge in [0.15, 0.2) is 0 Å². The van der Waals surface area contributed by atoms with E-state index in [1.54, 1.807) is 0 Å². The zero-order valence-corrected chi connectivity index (χ0v) is 11.4. The second-order valence-electron chi connectivity index (χ2n) is 5.47. The van der Waals surface area contributed by atoms with Gasteiger partial charge in [0.2, 0.25) is 0 Å². The predicted molar refractivity (Wildman–Crippen MR) is 64.2 cm³/mol. The molecule has 0 aliphatic heterocycles. The van der Waals surface area contributed by atoms with E-state index in [2.05, 4.69) is 0 Å². The molecule has 0 aliphatic rings. The zero-order chi connectivity index (χ0) is 14.1. The molecule has 0 amide bonds. The van der Waals surface area contributed by atoms with Gasteiger partial charge in [-0.2, -0.15) is 13.2 Å². The van der Waals surface area contributed by atoms with E-state index in [0.717, 1.165) is 12.5 Å². The van der Waals surface area contributed by atoms with Crippen LogP contribution in [-0.2, 0) is 0 Å². The Morgan fingerprint density at radius 2 is 1.53 bits per heavy atom. The molecule has 0 radical (unpaired) electrons. The molecule has 0 aromatic rings. The largest absolute Gasteiger partial charge is 0.411 e. The second kappa shape index (κ2) is 4.98. The number of rotatable bonds is 3. The van der Waals surface area contributed by atoms with Gasteiger partial charge in [-0.15, -0.1) is 0 Å². The molecule has 0 fully saturated rings. The van der Waals surface area contributed by atoms with E-state index in [9.17, 15) is 13.2 Å². The van der Waals surface area contributed by atoms with Crippen LogP contribution in [0, 0.1) is 5.41 Å². The van der Waals surface area contributed by atoms with Crippen molar-refractivity contribution in [2.75, 3.05) is 0 Å². The molecule has 1 atom stereocenters. The predicted octanol–water partition coefficient (Wildman–Crippen LogP) is 3.54. The smallest absolute Gasteiger partial charge is 0.270 e. The van der Waals surface area contributed by atoms with Crippen LogP contribution in [0.5, 0.6) is 0 Å². The van der Waals surface area contributed by atoms with Crippen LogP contribution in [0.2, 0.25) is 0 Å². The summed E-state index contributed by atoms with van der Waals surface area (Å²) in [5.41, 5.74) is 0.470. The van der Waals surface area contributed by atoms with Gasteiger partial charge in [-0.25, -0.2) is 5.43 Å². The second-order valence-corrected chi connectivity index (χ2v) is 5.47. The first kappa shape index (κ1) is 16.4. The Morgan fingerprint density at radius 3 is 1.71 bits per heavy atom. The third-order valence-electron chi connectivity index (χ3n) is 3.32. The van der Waals surface area contributed by atoms with Gasteiger partial charge in [0.05, 0.1) is 0 Å². The first-order valence-electron chi connectivity index (χ1n) is 5.67. The summed E-state index contributed by atoms with van der Waals surface area (Å²) in [6.07, 6.45) is -3.85. The number of nitrogens with two attached hydrogens (primary N) is 1. The standard InChI is InChI=1S/C12H23F3N2/c1-7-9(10(3,4)5)8(2)11(6,17-16)12(13,14)15/h17H,7,16H2,1-6H3/b9-8+. The fraction of sp³-hybridized carbons (Fsp3) is 0.833. The van der Waals surface area contributed by atoms with E-state index < -0.39 is 11.7 Å². The lowest BCUT2D eigenvalue weighted by molar-refractivity contribution is -0.180. The van der Waals surface area contributed by atoms with Crippen LogP contribution in [0.3, 0.4) is 0 Å². The molecule has 0 saturated heterocycles. The third kappa shape index (κ3) is 3.22. The van der Waals surface area contributed by atoms with Crippen molar-refractivity contribution in [3.63, 3.8) is 0 Å². The summed E-state index contributed by atoms with van der Waals surface area (Å²) in [6, 6.07) is 0. The van der Waals surface area contributed by atoms with Crippen molar-refractivity contribution in [3.8, 4) is 0 Å². The first-order valence-corrected chi connectivity index (χ1v) is 5.67. The third-order valence-corrected chi connectivity index (χ3v) is 3.32. The Morgan fingerprint density at radius 1 is 1.12 bits per heavy atom.